The molecule has 7 aromatic rings. The molecule has 5 aliphatic carbocycles. The number of ketones is 2. The maximum absolute atomic E-state index is 11.8. The molecule has 12 atom stereocenters. The quantitative estimate of drug-likeness (QED) is 0.0477. The Morgan fingerprint density at radius 1 is 0.386 bits per heavy atom. The van der Waals surface area contributed by atoms with Gasteiger partial charge in [-0.3, -0.25) is 34.1 Å². The number of thioether (sulfide) groups is 1. The molecule has 26 heteroatoms. The molecule has 5 aliphatic heterocycles. The van der Waals surface area contributed by atoms with Crippen LogP contribution in [0.4, 0.5) is 0 Å². The number of methoxy groups -OCH3 is 2. The number of carbonyl (C=O) groups is 2. The SMILES string of the molecule is COc1ccc(CCO[C@H]2CCCCC2N2CCC(O)C2)cc1OC.Cl.Cl.Cl.Cl.Cl.Clc1cccc(Cl)c1CCOC1CCCCC1N1CCSC1.O=C1CCN(C2CCCC[C@@H]2OCC(c2ccccc2)c2ccccc2)C1.O=C1CCN([C@@H]2CCCC[C@@H]2OCCc2cccc3ccccc23)C1.OC1CCN(C2CCCC[C@@H]2OCCc2c(Cl)cccc2Cl)C1. The minimum Gasteiger partial charge on any atom is -0.493 e. The topological polar surface area (TPSA) is 155 Å². The van der Waals surface area contributed by atoms with Crippen LogP contribution in [0.5, 0.6) is 11.5 Å². The number of fused-ring (bicyclic) bond motifs is 1. The fraction of sp³-hybridized carbons (Fsp3) is 0.584. The number of aliphatic hydroxyl groups is 2. The molecule has 5 saturated heterocycles. The van der Waals surface area contributed by atoms with Gasteiger partial charge in [0.2, 0.25) is 0 Å². The number of hydrogen-bond acceptors (Lipinski definition) is 17. The zero-order chi connectivity index (χ0) is 84.8. The van der Waals surface area contributed by atoms with Crippen molar-refractivity contribution in [1.29, 1.82) is 0 Å². The molecule has 2 N–H and O–H groups in total. The molecule has 0 radical (unpaired) electrons. The average molecular weight is 1950 g/mol. The summed E-state index contributed by atoms with van der Waals surface area (Å²) >= 11 is 26.9. The predicted octanol–water partition coefficient (Wildman–Crippen LogP) is 22.0. The smallest absolute Gasteiger partial charge is 0.160 e. The molecule has 10 aliphatic rings. The van der Waals surface area contributed by atoms with Crippen molar-refractivity contribution in [3.05, 3.63) is 211 Å². The molecule has 10 fully saturated rings. The lowest BCUT2D eigenvalue weighted by Gasteiger charge is -2.38. The highest BCUT2D eigenvalue weighted by atomic mass is 35.5. The number of carbonyl (C=O) groups excluding carboxylic acids is 2. The van der Waals surface area contributed by atoms with Crippen LogP contribution in [0.2, 0.25) is 20.1 Å². The van der Waals surface area contributed by atoms with Crippen LogP contribution in [0, 0.1) is 0 Å². The standard InChI is InChI=1S/C24H29NO2.C22H27NO2.C20H31NO4.C18H25Cl2NO2.C17H23Cl2NOS.5ClH/c26-21-15-16-25(17-21)23-13-7-8-14-24(23)27-18-22(19-9-3-1-4-10-19)20-11-5-2-6-12-20;24-19-12-14-23(16-19)21-10-3-4-11-22(21)25-15-13-18-8-5-7-17-6-1-2-9-20(17)18;1-23-19-8-7-15(13-20(19)24-2)10-12-25-18-6-4-3-5-17(18)21-11-9-16(22)14-21;19-15-4-3-5-16(20)14(15)9-11-23-18-7-2-1-6-17(18)21-10-8-13(22)12-21;18-14-4-3-5-15(19)13(14)8-10-21-17-7-2-1-6-16(17)20-9-11-22-12-20;;;;;/h1-6,9-12,22-24H,7-8,13-18H2;1-2,5-9,21-22H,3-4,10-16H2;7-8,13,16-18,22H,3-6,9-12,14H2,1-2H3;3-5,13,17-18,22H,1-2,6-12H2;3-5,16-17H,1-2,6-12H2;5*1H/t23?,24-;21-,22+;16?,17?,18-;13?,17?,18-;;;;;;/m0100....../s1. The van der Waals surface area contributed by atoms with Crippen molar-refractivity contribution in [2.75, 3.05) is 118 Å². The van der Waals surface area contributed by atoms with Crippen molar-refractivity contribution in [3.8, 4) is 11.5 Å². The first kappa shape index (κ1) is 109. The molecule has 5 saturated carbocycles. The average Bonchev–Trinajstić information content (AvgIpc) is 1.74. The highest BCUT2D eigenvalue weighted by Gasteiger charge is 2.40. The van der Waals surface area contributed by atoms with E-state index >= 15 is 0 Å². The summed E-state index contributed by atoms with van der Waals surface area (Å²) in [4.78, 5) is 35.6. The number of rotatable bonds is 28. The molecular weight excluding hydrogens is 1810 g/mol. The Morgan fingerprint density at radius 2 is 0.772 bits per heavy atom. The lowest BCUT2D eigenvalue weighted by atomic mass is 9.90. The maximum Gasteiger partial charge on any atom is 0.160 e. The van der Waals surface area contributed by atoms with Gasteiger partial charge in [-0.2, -0.15) is 0 Å². The molecule has 7 aromatic carbocycles. The van der Waals surface area contributed by atoms with Gasteiger partial charge >= 0.3 is 0 Å². The van der Waals surface area contributed by atoms with Gasteiger partial charge in [0, 0.05) is 127 Å². The first-order valence-electron chi connectivity index (χ1n) is 46.1. The first-order valence-corrected chi connectivity index (χ1v) is 48.8. The number of benzene rings is 7. The van der Waals surface area contributed by atoms with Gasteiger partial charge in [0.15, 0.2) is 11.5 Å². The van der Waals surface area contributed by atoms with E-state index in [1.54, 1.807) is 14.2 Å². The number of hydrogen-bond donors (Lipinski definition) is 2. The Bertz CT molecular complexity index is 4220. The van der Waals surface area contributed by atoms with E-state index in [9.17, 15) is 19.8 Å². The Hall–Kier alpha value is -3.78. The van der Waals surface area contributed by atoms with Gasteiger partial charge in [0.25, 0.3) is 0 Å². The third kappa shape index (κ3) is 32.5. The van der Waals surface area contributed by atoms with Gasteiger partial charge in [-0.15, -0.1) is 73.8 Å². The summed E-state index contributed by atoms with van der Waals surface area (Å²) in [6.07, 6.45) is 31.9. The molecule has 0 aromatic heterocycles. The molecule has 0 bridgehead atoms. The van der Waals surface area contributed by atoms with Crippen LogP contribution in [0.15, 0.2) is 158 Å². The van der Waals surface area contributed by atoms with Crippen molar-refractivity contribution in [2.24, 2.45) is 0 Å². The highest BCUT2D eigenvalue weighted by Crippen LogP contribution is 2.38. The summed E-state index contributed by atoms with van der Waals surface area (Å²) < 4.78 is 42.3. The summed E-state index contributed by atoms with van der Waals surface area (Å²) in [5.74, 6) is 4.97. The minimum atomic E-state index is -0.167. The second kappa shape index (κ2) is 57.8. The predicted molar refractivity (Wildman–Crippen MR) is 533 cm³/mol. The summed E-state index contributed by atoms with van der Waals surface area (Å²) in [5, 5.41) is 25.2. The summed E-state index contributed by atoms with van der Waals surface area (Å²) in [6, 6.07) is 56.1. The van der Waals surface area contributed by atoms with Crippen molar-refractivity contribution in [1.82, 2.24) is 24.5 Å². The van der Waals surface area contributed by atoms with E-state index in [1.165, 1.54) is 148 Å². The van der Waals surface area contributed by atoms with Crippen molar-refractivity contribution >= 4 is 143 Å². The van der Waals surface area contributed by atoms with Gasteiger partial charge in [-0.25, -0.2) is 0 Å². The fourth-order valence-corrected chi connectivity index (χ4v) is 22.7. The summed E-state index contributed by atoms with van der Waals surface area (Å²) in [5.41, 5.74) is 7.14. The van der Waals surface area contributed by atoms with Gasteiger partial charge in [-0.1, -0.05) is 232 Å². The third-order valence-electron chi connectivity index (χ3n) is 27.1. The first-order chi connectivity index (χ1) is 59.7. The Morgan fingerprint density at radius 3 is 1.18 bits per heavy atom. The number of Topliss-reactive ketones (excluding diaryl/α,β-unsaturated/α-hetero) is 2. The lowest BCUT2D eigenvalue weighted by Crippen LogP contribution is -2.46. The van der Waals surface area contributed by atoms with E-state index in [-0.39, 0.29) is 98.5 Å². The van der Waals surface area contributed by atoms with Crippen molar-refractivity contribution in [3.63, 3.8) is 0 Å². The minimum absolute atomic E-state index is 0. The van der Waals surface area contributed by atoms with Crippen molar-refractivity contribution < 1.29 is 53.0 Å². The molecule has 704 valence electrons. The zero-order valence-electron chi connectivity index (χ0n) is 74.4. The molecule has 127 heavy (non-hydrogen) atoms. The number of β-amino-alcohol motifs (C(OH)–C–C–N with tert-alkyl or cyclic N) is 2. The van der Waals surface area contributed by atoms with Crippen LogP contribution in [0.1, 0.15) is 193 Å². The molecule has 17 rings (SSSR count). The Labute approximate surface area is 812 Å². The molecule has 0 amide bonds. The third-order valence-corrected chi connectivity index (χ3v) is 29.5. The Balaban J connectivity index is 0.000000195. The van der Waals surface area contributed by atoms with E-state index in [2.05, 4.69) is 134 Å². The number of nitrogens with zero attached hydrogens (tertiary/aromatic N) is 5. The monoisotopic (exact) mass is 1950 g/mol. The second-order valence-corrected chi connectivity index (χ2v) is 37.8. The molecular formula is C101H140Cl9N5O11S. The van der Waals surface area contributed by atoms with E-state index in [4.69, 9.17) is 79.6 Å². The highest BCUT2D eigenvalue weighted by molar-refractivity contribution is 7.99. The second-order valence-electron chi connectivity index (χ2n) is 35.1. The van der Waals surface area contributed by atoms with Crippen LogP contribution in [-0.2, 0) is 59.0 Å². The number of likely N-dealkylation sites (tertiary alicyclic amines) is 4. The van der Waals surface area contributed by atoms with Crippen LogP contribution in [0.25, 0.3) is 10.8 Å². The molecule has 5 heterocycles. The number of halogens is 9. The Kier molecular flexibility index (Phi) is 49.4. The van der Waals surface area contributed by atoms with E-state index in [0.29, 0.717) is 110 Å². The van der Waals surface area contributed by atoms with Gasteiger partial charge in [0.1, 0.15) is 11.6 Å². The maximum atomic E-state index is 11.8. The molecule has 0 spiro atoms. The fourth-order valence-electron chi connectivity index (χ4n) is 20.5. The lowest BCUT2D eigenvalue weighted by molar-refractivity contribution is -0.118. The van der Waals surface area contributed by atoms with E-state index in [1.807, 2.05) is 60.3 Å². The van der Waals surface area contributed by atoms with Crippen LogP contribution in [0.3, 0.4) is 0 Å². The number of ether oxygens (including phenoxy) is 7. The largest absolute Gasteiger partial charge is 0.493 e. The van der Waals surface area contributed by atoms with Crippen LogP contribution < -0.4 is 9.47 Å². The molecule has 7 unspecified atom stereocenters. The normalized spacial score (nSPS) is 25.2. The van der Waals surface area contributed by atoms with Gasteiger partial charge in [0.05, 0.1) is 103 Å². The zero-order valence-corrected chi connectivity index (χ0v) is 82.3. The number of aliphatic hydroxyl groups excluding tert-OH is 2. The summed E-state index contributed by atoms with van der Waals surface area (Å²) in [6.45, 7) is 11.4. The van der Waals surface area contributed by atoms with E-state index < -0.39 is 0 Å². The molecule has 16 nitrogen and oxygen atoms in total. The van der Waals surface area contributed by atoms with Crippen molar-refractivity contribution in [2.45, 2.75) is 259 Å². The van der Waals surface area contributed by atoms with Crippen LogP contribution >= 0.6 is 120 Å². The summed E-state index contributed by atoms with van der Waals surface area (Å²) in [7, 11) is 3.31. The van der Waals surface area contributed by atoms with E-state index in [0.717, 1.165) is 156 Å². The van der Waals surface area contributed by atoms with Gasteiger partial charge < -0.3 is 43.4 Å². The van der Waals surface area contributed by atoms with Gasteiger partial charge in [-0.05, 0) is 183 Å². The van der Waals surface area contributed by atoms with Crippen LogP contribution in [-0.4, -0.2) is 237 Å².